The van der Waals surface area contributed by atoms with E-state index in [0.29, 0.717) is 19.8 Å². The number of nitrogen functional groups attached to an aromatic ring is 1. The van der Waals surface area contributed by atoms with Crippen molar-refractivity contribution in [2.24, 2.45) is 0 Å². The normalized spacial score (nSPS) is 16.9. The number of amides is 1. The van der Waals surface area contributed by atoms with E-state index in [4.69, 9.17) is 15.6 Å². The number of rotatable bonds is 3. The highest BCUT2D eigenvalue weighted by molar-refractivity contribution is 5.96. The number of hydrogen-bond acceptors (Lipinski definition) is 6. The number of carbonyl (C=O) groups excluding carboxylic acids is 1. The van der Waals surface area contributed by atoms with Gasteiger partial charge >= 0.3 is 0 Å². The Morgan fingerprint density at radius 3 is 2.68 bits per heavy atom. The minimum absolute atomic E-state index is 0.131. The Labute approximate surface area is 163 Å². The SMILES string of the molecule is Cc1nn(-c2ccccc2)c(C)c1[C@H]1COCCN1C(=O)c1nccnc1N. The van der Waals surface area contributed by atoms with Crippen LogP contribution in [0.1, 0.15) is 33.5 Å². The van der Waals surface area contributed by atoms with E-state index in [1.165, 1.54) is 12.4 Å². The number of morpholine rings is 1. The summed E-state index contributed by atoms with van der Waals surface area (Å²) in [5.74, 6) is -0.115. The summed E-state index contributed by atoms with van der Waals surface area (Å²) in [6.07, 6.45) is 2.95. The fourth-order valence-corrected chi connectivity index (χ4v) is 3.69. The van der Waals surface area contributed by atoms with E-state index < -0.39 is 0 Å². The molecule has 0 aliphatic carbocycles. The molecule has 2 N–H and O–H groups in total. The molecule has 8 nitrogen and oxygen atoms in total. The topological polar surface area (TPSA) is 99.2 Å². The molecular formula is C20H22N6O2. The zero-order chi connectivity index (χ0) is 19.7. The van der Waals surface area contributed by atoms with Crippen molar-refractivity contribution < 1.29 is 9.53 Å². The highest BCUT2D eigenvalue weighted by Gasteiger charge is 2.34. The first-order valence-electron chi connectivity index (χ1n) is 9.14. The summed E-state index contributed by atoms with van der Waals surface area (Å²) in [6.45, 7) is 5.28. The summed E-state index contributed by atoms with van der Waals surface area (Å²) in [5.41, 5.74) is 9.85. The van der Waals surface area contributed by atoms with Crippen LogP contribution in [0.25, 0.3) is 5.69 Å². The van der Waals surface area contributed by atoms with Crippen molar-refractivity contribution in [2.45, 2.75) is 19.9 Å². The molecule has 0 radical (unpaired) electrons. The molecule has 1 atom stereocenters. The molecule has 1 aromatic carbocycles. The van der Waals surface area contributed by atoms with Crippen molar-refractivity contribution in [1.82, 2.24) is 24.6 Å². The Hall–Kier alpha value is -3.26. The summed E-state index contributed by atoms with van der Waals surface area (Å²) in [6, 6.07) is 9.66. The third-order valence-corrected chi connectivity index (χ3v) is 5.00. The summed E-state index contributed by atoms with van der Waals surface area (Å²) in [5, 5.41) is 4.71. The first-order chi connectivity index (χ1) is 13.6. The number of ether oxygens (including phenoxy) is 1. The highest BCUT2D eigenvalue weighted by atomic mass is 16.5. The number of nitrogens with two attached hydrogens (primary N) is 1. The molecule has 0 saturated carbocycles. The standard InChI is InChI=1S/C20H22N6O2/c1-13-17(14(2)26(24-13)15-6-4-3-5-7-15)16-12-28-11-10-25(16)20(27)18-19(21)23-9-8-22-18/h3-9,16H,10-12H2,1-2H3,(H2,21,23)/t16-/m1/s1. The minimum Gasteiger partial charge on any atom is -0.382 e. The lowest BCUT2D eigenvalue weighted by Gasteiger charge is -2.35. The van der Waals surface area contributed by atoms with Crippen molar-refractivity contribution in [2.75, 3.05) is 25.5 Å². The van der Waals surface area contributed by atoms with E-state index in [0.717, 1.165) is 22.6 Å². The highest BCUT2D eigenvalue weighted by Crippen LogP contribution is 2.32. The first kappa shape index (κ1) is 18.1. The Morgan fingerprint density at radius 2 is 1.93 bits per heavy atom. The van der Waals surface area contributed by atoms with E-state index >= 15 is 0 Å². The van der Waals surface area contributed by atoms with Crippen molar-refractivity contribution in [3.8, 4) is 5.69 Å². The predicted octanol–water partition coefficient (Wildman–Crippen LogP) is 2.08. The third kappa shape index (κ3) is 3.11. The molecule has 8 heteroatoms. The molecular weight excluding hydrogens is 356 g/mol. The van der Waals surface area contributed by atoms with Gasteiger partial charge in [-0.2, -0.15) is 5.10 Å². The van der Waals surface area contributed by atoms with Crippen LogP contribution in [-0.2, 0) is 4.74 Å². The fourth-order valence-electron chi connectivity index (χ4n) is 3.69. The lowest BCUT2D eigenvalue weighted by Crippen LogP contribution is -2.44. The molecule has 1 saturated heterocycles. The second-order valence-corrected chi connectivity index (χ2v) is 6.71. The average Bonchev–Trinajstić information content (AvgIpc) is 3.02. The Kier molecular flexibility index (Phi) is 4.79. The van der Waals surface area contributed by atoms with Gasteiger partial charge in [-0.3, -0.25) is 4.79 Å². The number of carbonyl (C=O) groups is 1. The van der Waals surface area contributed by atoms with Gasteiger partial charge in [0.05, 0.1) is 30.6 Å². The lowest BCUT2D eigenvalue weighted by molar-refractivity contribution is -0.00330. The van der Waals surface area contributed by atoms with Crippen LogP contribution in [0.5, 0.6) is 0 Å². The van der Waals surface area contributed by atoms with Crippen LogP contribution in [0.4, 0.5) is 5.82 Å². The van der Waals surface area contributed by atoms with Crippen LogP contribution in [0, 0.1) is 13.8 Å². The Balaban J connectivity index is 1.74. The molecule has 0 spiro atoms. The smallest absolute Gasteiger partial charge is 0.276 e. The molecule has 4 rings (SSSR count). The zero-order valence-electron chi connectivity index (χ0n) is 15.9. The van der Waals surface area contributed by atoms with Crippen molar-refractivity contribution in [1.29, 1.82) is 0 Å². The average molecular weight is 378 g/mol. The van der Waals surface area contributed by atoms with Gasteiger partial charge in [0.25, 0.3) is 5.91 Å². The number of aryl methyl sites for hydroxylation is 1. The van der Waals surface area contributed by atoms with Crippen LogP contribution in [-0.4, -0.2) is 50.3 Å². The van der Waals surface area contributed by atoms with Gasteiger partial charge in [0.15, 0.2) is 11.5 Å². The van der Waals surface area contributed by atoms with Crippen LogP contribution < -0.4 is 5.73 Å². The van der Waals surface area contributed by atoms with E-state index in [9.17, 15) is 4.79 Å². The predicted molar refractivity (Wildman–Crippen MR) is 104 cm³/mol. The van der Waals surface area contributed by atoms with E-state index in [2.05, 4.69) is 9.97 Å². The quantitative estimate of drug-likeness (QED) is 0.749. The molecule has 144 valence electrons. The lowest BCUT2D eigenvalue weighted by atomic mass is 10.0. The molecule has 1 aliphatic rings. The number of benzene rings is 1. The van der Waals surface area contributed by atoms with Gasteiger partial charge in [0.2, 0.25) is 0 Å². The van der Waals surface area contributed by atoms with Crippen LogP contribution in [0.15, 0.2) is 42.7 Å². The van der Waals surface area contributed by atoms with E-state index in [1.807, 2.05) is 48.9 Å². The Morgan fingerprint density at radius 1 is 1.18 bits per heavy atom. The van der Waals surface area contributed by atoms with Gasteiger partial charge in [-0.05, 0) is 26.0 Å². The molecule has 0 unspecified atom stereocenters. The molecule has 28 heavy (non-hydrogen) atoms. The van der Waals surface area contributed by atoms with Gasteiger partial charge in [0, 0.05) is 30.2 Å². The Bertz CT molecular complexity index is 1000. The van der Waals surface area contributed by atoms with Crippen molar-refractivity contribution >= 4 is 11.7 Å². The number of para-hydroxylation sites is 1. The first-order valence-corrected chi connectivity index (χ1v) is 9.14. The maximum Gasteiger partial charge on any atom is 0.276 e. The number of aromatic nitrogens is 4. The molecule has 0 bridgehead atoms. The van der Waals surface area contributed by atoms with Gasteiger partial charge < -0.3 is 15.4 Å². The molecule has 1 aliphatic heterocycles. The van der Waals surface area contributed by atoms with Crippen LogP contribution >= 0.6 is 0 Å². The van der Waals surface area contributed by atoms with Gasteiger partial charge in [-0.25, -0.2) is 14.6 Å². The molecule has 1 fully saturated rings. The van der Waals surface area contributed by atoms with E-state index in [1.54, 1.807) is 4.90 Å². The fraction of sp³-hybridized carbons (Fsp3) is 0.300. The molecule has 3 heterocycles. The van der Waals surface area contributed by atoms with Gasteiger partial charge in [-0.15, -0.1) is 0 Å². The van der Waals surface area contributed by atoms with E-state index in [-0.39, 0.29) is 23.5 Å². The van der Waals surface area contributed by atoms with Crippen molar-refractivity contribution in [3.63, 3.8) is 0 Å². The molecule has 1 amide bonds. The van der Waals surface area contributed by atoms with Gasteiger partial charge in [-0.1, -0.05) is 18.2 Å². The zero-order valence-corrected chi connectivity index (χ0v) is 15.9. The summed E-state index contributed by atoms with van der Waals surface area (Å²) < 4.78 is 7.61. The summed E-state index contributed by atoms with van der Waals surface area (Å²) in [4.78, 5) is 23.1. The minimum atomic E-state index is -0.264. The third-order valence-electron chi connectivity index (χ3n) is 5.00. The second kappa shape index (κ2) is 7.40. The summed E-state index contributed by atoms with van der Waals surface area (Å²) in [7, 11) is 0. The maximum absolute atomic E-state index is 13.2. The molecule has 2 aromatic heterocycles. The van der Waals surface area contributed by atoms with Crippen molar-refractivity contribution in [3.05, 3.63) is 65.4 Å². The molecule has 3 aromatic rings. The largest absolute Gasteiger partial charge is 0.382 e. The van der Waals surface area contributed by atoms with Crippen LogP contribution in [0.3, 0.4) is 0 Å². The van der Waals surface area contributed by atoms with Crippen LogP contribution in [0.2, 0.25) is 0 Å². The van der Waals surface area contributed by atoms with Gasteiger partial charge in [0.1, 0.15) is 0 Å². The summed E-state index contributed by atoms with van der Waals surface area (Å²) >= 11 is 0. The monoisotopic (exact) mass is 378 g/mol. The maximum atomic E-state index is 13.2. The number of hydrogen-bond donors (Lipinski definition) is 1. The second-order valence-electron chi connectivity index (χ2n) is 6.71. The number of anilines is 1. The number of nitrogens with zero attached hydrogens (tertiary/aromatic N) is 5.